The zero-order valence-electron chi connectivity index (χ0n) is 12.3. The van der Waals surface area contributed by atoms with Crippen LogP contribution >= 0.6 is 22.7 Å². The lowest BCUT2D eigenvalue weighted by Crippen LogP contribution is -1.81. The van der Waals surface area contributed by atoms with Gasteiger partial charge in [-0.3, -0.25) is 0 Å². The maximum absolute atomic E-state index is 2.25. The predicted octanol–water partition coefficient (Wildman–Crippen LogP) is 6.38. The molecule has 3 aromatic rings. The second-order valence-corrected chi connectivity index (χ2v) is 7.08. The molecule has 0 bridgehead atoms. The van der Waals surface area contributed by atoms with Crippen LogP contribution in [0.4, 0.5) is 0 Å². The fourth-order valence-corrected chi connectivity index (χ4v) is 4.51. The molecule has 0 aliphatic rings. The van der Waals surface area contributed by atoms with E-state index in [2.05, 4.69) is 62.7 Å². The van der Waals surface area contributed by atoms with Gasteiger partial charge in [0.2, 0.25) is 0 Å². The number of benzene rings is 1. The van der Waals surface area contributed by atoms with Crippen LogP contribution < -0.4 is 0 Å². The molecule has 0 saturated heterocycles. The summed E-state index contributed by atoms with van der Waals surface area (Å²) in [4.78, 5) is 2.79. The Labute approximate surface area is 128 Å². The van der Waals surface area contributed by atoms with Gasteiger partial charge in [0.1, 0.15) is 0 Å². The van der Waals surface area contributed by atoms with E-state index in [1.807, 2.05) is 22.7 Å². The monoisotopic (exact) mass is 298 g/mol. The molecule has 2 heteroatoms. The Hall–Kier alpha value is -1.38. The molecule has 0 atom stereocenters. The van der Waals surface area contributed by atoms with Gasteiger partial charge in [-0.25, -0.2) is 0 Å². The number of aryl methyl sites for hydroxylation is 2. The molecule has 0 spiro atoms. The van der Waals surface area contributed by atoms with E-state index in [-0.39, 0.29) is 0 Å². The molecule has 0 fully saturated rings. The van der Waals surface area contributed by atoms with Crippen LogP contribution in [-0.4, -0.2) is 0 Å². The average molecular weight is 298 g/mol. The largest absolute Gasteiger partial charge is 0.143 e. The Balaban J connectivity index is 2.00. The SMILES string of the molecule is Cc1csc(-c2ccc(-c3scc(C)c3C)cc2)c1C. The molecule has 0 amide bonds. The second-order valence-electron chi connectivity index (χ2n) is 5.32. The smallest absolute Gasteiger partial charge is 0.0374 e. The van der Waals surface area contributed by atoms with E-state index in [9.17, 15) is 0 Å². The summed E-state index contributed by atoms with van der Waals surface area (Å²) in [6.07, 6.45) is 0. The van der Waals surface area contributed by atoms with Crippen molar-refractivity contribution in [2.45, 2.75) is 27.7 Å². The lowest BCUT2D eigenvalue weighted by molar-refractivity contribution is 1.40. The van der Waals surface area contributed by atoms with Gasteiger partial charge in [0.15, 0.2) is 0 Å². The lowest BCUT2D eigenvalue weighted by Gasteiger charge is -2.04. The summed E-state index contributed by atoms with van der Waals surface area (Å²) in [5.41, 5.74) is 8.25. The molecule has 2 heterocycles. The third-order valence-corrected chi connectivity index (χ3v) is 6.48. The maximum atomic E-state index is 2.25. The Morgan fingerprint density at radius 1 is 0.600 bits per heavy atom. The van der Waals surface area contributed by atoms with Crippen molar-refractivity contribution in [1.82, 2.24) is 0 Å². The van der Waals surface area contributed by atoms with Crippen molar-refractivity contribution in [3.05, 3.63) is 57.3 Å². The summed E-state index contributed by atoms with van der Waals surface area (Å²) in [6.45, 7) is 8.78. The molecular formula is C18H18S2. The minimum Gasteiger partial charge on any atom is -0.143 e. The summed E-state index contributed by atoms with van der Waals surface area (Å²) in [5.74, 6) is 0. The first kappa shape index (κ1) is 13.6. The molecule has 1 aromatic carbocycles. The molecule has 20 heavy (non-hydrogen) atoms. The molecule has 102 valence electrons. The quantitative estimate of drug-likeness (QED) is 0.515. The highest BCUT2D eigenvalue weighted by Gasteiger charge is 2.09. The van der Waals surface area contributed by atoms with Crippen molar-refractivity contribution in [2.24, 2.45) is 0 Å². The highest BCUT2D eigenvalue weighted by Crippen LogP contribution is 2.35. The third-order valence-electron chi connectivity index (χ3n) is 3.98. The number of hydrogen-bond donors (Lipinski definition) is 0. The van der Waals surface area contributed by atoms with Crippen LogP contribution in [0.1, 0.15) is 22.3 Å². The molecular weight excluding hydrogens is 280 g/mol. The molecule has 0 aliphatic carbocycles. The van der Waals surface area contributed by atoms with Crippen LogP contribution in [0, 0.1) is 27.7 Å². The van der Waals surface area contributed by atoms with E-state index >= 15 is 0 Å². The van der Waals surface area contributed by atoms with Crippen LogP contribution in [0.25, 0.3) is 20.9 Å². The van der Waals surface area contributed by atoms with E-state index in [1.165, 1.54) is 43.1 Å². The normalized spacial score (nSPS) is 11.0. The minimum atomic E-state index is 1.33. The van der Waals surface area contributed by atoms with Crippen molar-refractivity contribution >= 4 is 22.7 Å². The molecule has 0 aliphatic heterocycles. The van der Waals surface area contributed by atoms with E-state index in [4.69, 9.17) is 0 Å². The molecule has 2 aromatic heterocycles. The summed E-state index contributed by atoms with van der Waals surface area (Å²) >= 11 is 3.68. The predicted molar refractivity (Wildman–Crippen MR) is 92.0 cm³/mol. The first-order chi connectivity index (χ1) is 9.58. The van der Waals surface area contributed by atoms with Crippen molar-refractivity contribution < 1.29 is 0 Å². The molecule has 0 nitrogen and oxygen atoms in total. The summed E-state index contributed by atoms with van der Waals surface area (Å²) in [6, 6.07) is 9.01. The van der Waals surface area contributed by atoms with Gasteiger partial charge in [0, 0.05) is 9.75 Å². The third kappa shape index (κ3) is 2.23. The highest BCUT2D eigenvalue weighted by atomic mass is 32.1. The summed E-state index contributed by atoms with van der Waals surface area (Å²) in [7, 11) is 0. The van der Waals surface area contributed by atoms with E-state index in [1.54, 1.807) is 0 Å². The lowest BCUT2D eigenvalue weighted by atomic mass is 10.0. The minimum absolute atomic E-state index is 1.33. The second kappa shape index (κ2) is 5.19. The van der Waals surface area contributed by atoms with Gasteiger partial charge < -0.3 is 0 Å². The van der Waals surface area contributed by atoms with Gasteiger partial charge in [-0.05, 0) is 71.8 Å². The van der Waals surface area contributed by atoms with E-state index < -0.39 is 0 Å². The molecule has 0 N–H and O–H groups in total. The Bertz CT molecular complexity index is 677. The van der Waals surface area contributed by atoms with Gasteiger partial charge in [-0.1, -0.05) is 24.3 Å². The standard InChI is InChI=1S/C18H18S2/c1-11-9-19-17(13(11)3)15-5-7-16(8-6-15)18-14(4)12(2)10-20-18/h5-10H,1-4H3. The Morgan fingerprint density at radius 3 is 1.20 bits per heavy atom. The zero-order chi connectivity index (χ0) is 14.3. The molecule has 0 radical (unpaired) electrons. The summed E-state index contributed by atoms with van der Waals surface area (Å²) in [5, 5.41) is 4.48. The topological polar surface area (TPSA) is 0 Å². The molecule has 0 saturated carbocycles. The fraction of sp³-hybridized carbons (Fsp3) is 0.222. The Kier molecular flexibility index (Phi) is 3.53. The Morgan fingerprint density at radius 2 is 0.950 bits per heavy atom. The zero-order valence-corrected chi connectivity index (χ0v) is 13.9. The van der Waals surface area contributed by atoms with Crippen molar-refractivity contribution in [3.63, 3.8) is 0 Å². The fourth-order valence-electron chi connectivity index (χ4n) is 2.35. The van der Waals surface area contributed by atoms with Gasteiger partial charge in [-0.15, -0.1) is 22.7 Å². The molecule has 3 rings (SSSR count). The van der Waals surface area contributed by atoms with Crippen LogP contribution in [0.3, 0.4) is 0 Å². The number of hydrogen-bond acceptors (Lipinski definition) is 2. The van der Waals surface area contributed by atoms with Gasteiger partial charge in [0.05, 0.1) is 0 Å². The highest BCUT2D eigenvalue weighted by molar-refractivity contribution is 7.14. The van der Waals surface area contributed by atoms with Gasteiger partial charge in [-0.2, -0.15) is 0 Å². The van der Waals surface area contributed by atoms with Crippen molar-refractivity contribution in [1.29, 1.82) is 0 Å². The van der Waals surface area contributed by atoms with Crippen molar-refractivity contribution in [2.75, 3.05) is 0 Å². The van der Waals surface area contributed by atoms with E-state index in [0.29, 0.717) is 0 Å². The van der Waals surface area contributed by atoms with Crippen LogP contribution in [-0.2, 0) is 0 Å². The number of thiophene rings is 2. The van der Waals surface area contributed by atoms with Gasteiger partial charge >= 0.3 is 0 Å². The first-order valence-electron chi connectivity index (χ1n) is 6.78. The average Bonchev–Trinajstić information content (AvgIpc) is 2.96. The number of rotatable bonds is 2. The maximum Gasteiger partial charge on any atom is 0.0374 e. The van der Waals surface area contributed by atoms with Gasteiger partial charge in [0.25, 0.3) is 0 Å². The van der Waals surface area contributed by atoms with E-state index in [0.717, 1.165) is 0 Å². The van der Waals surface area contributed by atoms with Crippen LogP contribution in [0.2, 0.25) is 0 Å². The van der Waals surface area contributed by atoms with Crippen LogP contribution in [0.15, 0.2) is 35.0 Å². The van der Waals surface area contributed by atoms with Crippen LogP contribution in [0.5, 0.6) is 0 Å². The first-order valence-corrected chi connectivity index (χ1v) is 8.54. The van der Waals surface area contributed by atoms with Crippen molar-refractivity contribution in [3.8, 4) is 20.9 Å². The summed E-state index contributed by atoms with van der Waals surface area (Å²) < 4.78 is 0. The molecule has 0 unspecified atom stereocenters.